The fourth-order valence-corrected chi connectivity index (χ4v) is 2.32. The zero-order valence-electron chi connectivity index (χ0n) is 12.8. The third kappa shape index (κ3) is 3.30. The predicted octanol–water partition coefficient (Wildman–Crippen LogP) is 3.10. The van der Waals surface area contributed by atoms with Gasteiger partial charge in [0.05, 0.1) is 11.3 Å². The predicted molar refractivity (Wildman–Crippen MR) is 92.6 cm³/mol. The molecule has 0 aliphatic rings. The number of aromatic nitrogens is 1. The summed E-state index contributed by atoms with van der Waals surface area (Å²) in [5, 5.41) is 2.67. The summed E-state index contributed by atoms with van der Waals surface area (Å²) in [5.74, 6) is -0.999. The van der Waals surface area contributed by atoms with Crippen molar-refractivity contribution >= 4 is 17.5 Å². The third-order valence-electron chi connectivity index (χ3n) is 3.54. The fourth-order valence-electron chi connectivity index (χ4n) is 2.32. The first-order valence-corrected chi connectivity index (χ1v) is 7.37. The van der Waals surface area contributed by atoms with Crippen LogP contribution >= 0.6 is 0 Å². The molecule has 3 aromatic rings. The van der Waals surface area contributed by atoms with Crippen LogP contribution in [0, 0.1) is 0 Å². The van der Waals surface area contributed by atoms with Crippen LogP contribution in [0.2, 0.25) is 0 Å². The van der Waals surface area contributed by atoms with Crippen LogP contribution in [0.25, 0.3) is 11.1 Å². The first-order chi connectivity index (χ1) is 11.6. The molecule has 118 valence electrons. The lowest BCUT2D eigenvalue weighted by Gasteiger charge is -2.08. The quantitative estimate of drug-likeness (QED) is 0.775. The van der Waals surface area contributed by atoms with Crippen LogP contribution in [-0.2, 0) is 0 Å². The first kappa shape index (κ1) is 15.4. The number of pyridine rings is 1. The Morgan fingerprint density at radius 3 is 2.21 bits per heavy atom. The highest BCUT2D eigenvalue weighted by molar-refractivity contribution is 6.07. The zero-order chi connectivity index (χ0) is 16.9. The zero-order valence-corrected chi connectivity index (χ0v) is 12.8. The van der Waals surface area contributed by atoms with Crippen molar-refractivity contribution in [1.29, 1.82) is 0 Å². The van der Waals surface area contributed by atoms with E-state index in [-0.39, 0.29) is 11.3 Å². The van der Waals surface area contributed by atoms with Gasteiger partial charge in [0.15, 0.2) is 0 Å². The molecule has 0 aliphatic heterocycles. The van der Waals surface area contributed by atoms with E-state index in [1.807, 2.05) is 36.4 Å². The minimum Gasteiger partial charge on any atom is -0.366 e. The highest BCUT2D eigenvalue weighted by atomic mass is 16.2. The van der Waals surface area contributed by atoms with Crippen LogP contribution in [0.1, 0.15) is 20.8 Å². The van der Waals surface area contributed by atoms with Gasteiger partial charge in [-0.05, 0) is 23.8 Å². The second-order valence-electron chi connectivity index (χ2n) is 5.16. The van der Waals surface area contributed by atoms with Gasteiger partial charge in [0, 0.05) is 11.8 Å². The molecule has 3 rings (SSSR count). The van der Waals surface area contributed by atoms with Gasteiger partial charge in [-0.3, -0.25) is 14.6 Å². The third-order valence-corrected chi connectivity index (χ3v) is 3.54. The number of amides is 2. The van der Waals surface area contributed by atoms with E-state index in [9.17, 15) is 9.59 Å². The Labute approximate surface area is 139 Å². The number of carbonyl (C=O) groups is 2. The summed E-state index contributed by atoms with van der Waals surface area (Å²) in [6.07, 6.45) is 1.64. The van der Waals surface area contributed by atoms with Crippen molar-refractivity contribution in [3.63, 3.8) is 0 Å². The van der Waals surface area contributed by atoms with Crippen molar-refractivity contribution < 1.29 is 9.59 Å². The molecule has 0 atom stereocenters. The van der Waals surface area contributed by atoms with Gasteiger partial charge in [0.25, 0.3) is 11.8 Å². The Hall–Kier alpha value is -3.47. The molecule has 5 nitrogen and oxygen atoms in total. The van der Waals surface area contributed by atoms with Crippen LogP contribution in [0.15, 0.2) is 72.9 Å². The summed E-state index contributed by atoms with van der Waals surface area (Å²) < 4.78 is 0. The minimum absolute atomic E-state index is 0.256. The summed E-state index contributed by atoms with van der Waals surface area (Å²) in [6, 6.07) is 19.8. The van der Waals surface area contributed by atoms with Gasteiger partial charge in [0.2, 0.25) is 0 Å². The highest BCUT2D eigenvalue weighted by Crippen LogP contribution is 2.19. The number of hydrogen-bond acceptors (Lipinski definition) is 3. The molecule has 2 amide bonds. The topological polar surface area (TPSA) is 85.1 Å². The summed E-state index contributed by atoms with van der Waals surface area (Å²) in [4.78, 5) is 27.9. The Bertz CT molecular complexity index is 875. The monoisotopic (exact) mass is 317 g/mol. The van der Waals surface area contributed by atoms with Crippen LogP contribution < -0.4 is 11.1 Å². The summed E-state index contributed by atoms with van der Waals surface area (Å²) in [6.45, 7) is 0. The lowest BCUT2D eigenvalue weighted by molar-refractivity contribution is 0.100. The van der Waals surface area contributed by atoms with Crippen molar-refractivity contribution in [2.45, 2.75) is 0 Å². The maximum absolute atomic E-state index is 12.3. The number of nitrogens with one attached hydrogen (secondary N) is 1. The number of carbonyl (C=O) groups excluding carboxylic acids is 2. The molecular formula is C19H15N3O2. The molecule has 0 spiro atoms. The molecule has 0 fully saturated rings. The second-order valence-corrected chi connectivity index (χ2v) is 5.16. The van der Waals surface area contributed by atoms with Crippen molar-refractivity contribution in [2.24, 2.45) is 5.73 Å². The summed E-state index contributed by atoms with van der Waals surface area (Å²) in [5.41, 5.74) is 8.13. The molecule has 0 saturated carbocycles. The van der Waals surface area contributed by atoms with Crippen molar-refractivity contribution in [2.75, 3.05) is 5.32 Å². The molecule has 0 aliphatic carbocycles. The number of anilines is 1. The van der Waals surface area contributed by atoms with Gasteiger partial charge >= 0.3 is 0 Å². The number of hydrogen-bond donors (Lipinski definition) is 2. The second kappa shape index (κ2) is 6.75. The van der Waals surface area contributed by atoms with E-state index >= 15 is 0 Å². The molecule has 3 N–H and O–H groups in total. The minimum atomic E-state index is -0.599. The van der Waals surface area contributed by atoms with Gasteiger partial charge < -0.3 is 11.1 Å². The molecule has 1 aromatic heterocycles. The normalized spacial score (nSPS) is 10.2. The molecule has 2 aromatic carbocycles. The van der Waals surface area contributed by atoms with Crippen molar-refractivity contribution in [3.05, 3.63) is 84.2 Å². The van der Waals surface area contributed by atoms with Gasteiger partial charge in [-0.2, -0.15) is 0 Å². The fraction of sp³-hybridized carbons (Fsp3) is 0. The van der Waals surface area contributed by atoms with E-state index in [0.717, 1.165) is 11.1 Å². The van der Waals surface area contributed by atoms with Crippen LogP contribution in [0.3, 0.4) is 0 Å². The van der Waals surface area contributed by atoms with Crippen LogP contribution in [0.5, 0.6) is 0 Å². The van der Waals surface area contributed by atoms with Crippen LogP contribution in [0.4, 0.5) is 5.69 Å². The number of benzene rings is 2. The molecule has 24 heavy (non-hydrogen) atoms. The molecule has 0 radical (unpaired) electrons. The first-order valence-electron chi connectivity index (χ1n) is 7.37. The van der Waals surface area contributed by atoms with Gasteiger partial charge in [-0.1, -0.05) is 48.5 Å². The molecule has 0 unspecified atom stereocenters. The largest absolute Gasteiger partial charge is 0.366 e. The van der Waals surface area contributed by atoms with Crippen molar-refractivity contribution in [3.8, 4) is 11.1 Å². The van der Waals surface area contributed by atoms with E-state index in [4.69, 9.17) is 5.73 Å². The lowest BCUT2D eigenvalue weighted by atomic mass is 10.1. The maximum atomic E-state index is 12.3. The number of nitrogens with two attached hydrogens (primary N) is 1. The Morgan fingerprint density at radius 1 is 0.833 bits per heavy atom. The van der Waals surface area contributed by atoms with E-state index in [0.29, 0.717) is 5.69 Å². The highest BCUT2D eigenvalue weighted by Gasteiger charge is 2.12. The summed E-state index contributed by atoms with van der Waals surface area (Å²) in [7, 11) is 0. The van der Waals surface area contributed by atoms with E-state index < -0.39 is 11.8 Å². The molecule has 0 saturated heterocycles. The van der Waals surface area contributed by atoms with E-state index in [1.165, 1.54) is 0 Å². The smallest absolute Gasteiger partial charge is 0.274 e. The Kier molecular flexibility index (Phi) is 4.34. The number of para-hydroxylation sites is 1. The molecule has 0 bridgehead atoms. The average Bonchev–Trinajstić information content (AvgIpc) is 2.63. The molecular weight excluding hydrogens is 302 g/mol. The van der Waals surface area contributed by atoms with Crippen molar-refractivity contribution in [1.82, 2.24) is 4.98 Å². The SMILES string of the molecule is NC(=O)c1ccccc1NC(=O)c1ccc(-c2ccccc2)cn1. The van der Waals surface area contributed by atoms with Crippen LogP contribution in [-0.4, -0.2) is 16.8 Å². The van der Waals surface area contributed by atoms with Gasteiger partial charge in [0.1, 0.15) is 5.69 Å². The standard InChI is InChI=1S/C19H15N3O2/c20-18(23)15-8-4-5-9-16(15)22-19(24)17-11-10-14(12-21-17)13-6-2-1-3-7-13/h1-12H,(H2,20,23)(H,22,24). The Morgan fingerprint density at radius 2 is 1.54 bits per heavy atom. The average molecular weight is 317 g/mol. The molecule has 1 heterocycles. The Balaban J connectivity index is 1.80. The number of primary amides is 1. The lowest BCUT2D eigenvalue weighted by Crippen LogP contribution is -2.18. The number of nitrogens with zero attached hydrogens (tertiary/aromatic N) is 1. The summed E-state index contributed by atoms with van der Waals surface area (Å²) >= 11 is 0. The number of rotatable bonds is 4. The van der Waals surface area contributed by atoms with E-state index in [2.05, 4.69) is 10.3 Å². The van der Waals surface area contributed by atoms with Gasteiger partial charge in [-0.15, -0.1) is 0 Å². The molecule has 5 heteroatoms. The van der Waals surface area contributed by atoms with Gasteiger partial charge in [-0.25, -0.2) is 0 Å². The maximum Gasteiger partial charge on any atom is 0.274 e. The van der Waals surface area contributed by atoms with E-state index in [1.54, 1.807) is 36.5 Å².